The van der Waals surface area contributed by atoms with Gasteiger partial charge in [0, 0.05) is 44.9 Å². The van der Waals surface area contributed by atoms with E-state index in [-0.39, 0.29) is 6.04 Å². The van der Waals surface area contributed by atoms with E-state index in [0.29, 0.717) is 13.2 Å². The molecule has 1 aliphatic heterocycles. The van der Waals surface area contributed by atoms with Crippen LogP contribution in [-0.2, 0) is 11.3 Å². The van der Waals surface area contributed by atoms with E-state index in [4.69, 9.17) is 9.47 Å². The molecular weight excluding hydrogens is 368 g/mol. The zero-order valence-electron chi connectivity index (χ0n) is 17.5. The summed E-state index contributed by atoms with van der Waals surface area (Å²) in [6.45, 7) is 5.39. The summed E-state index contributed by atoms with van der Waals surface area (Å²) in [6, 6.07) is 8.94. The number of piperazine rings is 1. The van der Waals surface area contributed by atoms with Gasteiger partial charge in [-0.05, 0) is 29.3 Å². The van der Waals surface area contributed by atoms with Crippen molar-refractivity contribution in [1.82, 2.24) is 30.0 Å². The molecule has 0 bridgehead atoms. The summed E-state index contributed by atoms with van der Waals surface area (Å²) >= 11 is 0. The summed E-state index contributed by atoms with van der Waals surface area (Å²) in [4.78, 5) is 5.18. The Kier molecular flexibility index (Phi) is 6.74. The molecule has 1 aliphatic carbocycles. The SMILES string of the molecule is COCCn1nnnc1[C@@H](c1ccccc1OC)N1CCN(C2CCCC2)CC1. The molecule has 2 heterocycles. The lowest BCUT2D eigenvalue weighted by atomic mass is 10.0. The fraction of sp³-hybridized carbons (Fsp3) is 0.667. The normalized spacial score (nSPS) is 20.2. The van der Waals surface area contributed by atoms with Gasteiger partial charge in [0.05, 0.1) is 20.3 Å². The minimum atomic E-state index is -0.0382. The maximum Gasteiger partial charge on any atom is 0.173 e. The Balaban J connectivity index is 1.60. The Hall–Kier alpha value is -2.03. The molecule has 29 heavy (non-hydrogen) atoms. The van der Waals surface area contributed by atoms with Crippen molar-refractivity contribution in [3.63, 3.8) is 0 Å². The van der Waals surface area contributed by atoms with Crippen LogP contribution in [0.15, 0.2) is 24.3 Å². The summed E-state index contributed by atoms with van der Waals surface area (Å²) in [5.74, 6) is 1.72. The number of rotatable bonds is 8. The zero-order chi connectivity index (χ0) is 20.1. The van der Waals surface area contributed by atoms with Gasteiger partial charge in [0.15, 0.2) is 5.82 Å². The molecule has 0 unspecified atom stereocenters. The Morgan fingerprint density at radius 2 is 1.83 bits per heavy atom. The van der Waals surface area contributed by atoms with E-state index >= 15 is 0 Å². The number of tetrazole rings is 1. The quantitative estimate of drug-likeness (QED) is 0.671. The van der Waals surface area contributed by atoms with Crippen molar-refractivity contribution in [3.05, 3.63) is 35.7 Å². The van der Waals surface area contributed by atoms with E-state index in [1.807, 2.05) is 16.8 Å². The monoisotopic (exact) mass is 400 g/mol. The molecule has 0 spiro atoms. The topological polar surface area (TPSA) is 68.5 Å². The minimum absolute atomic E-state index is 0.0382. The summed E-state index contributed by atoms with van der Waals surface area (Å²) in [6.07, 6.45) is 5.46. The molecule has 158 valence electrons. The number of hydrogen-bond donors (Lipinski definition) is 0. The molecule has 1 atom stereocenters. The highest BCUT2D eigenvalue weighted by molar-refractivity contribution is 5.39. The highest BCUT2D eigenvalue weighted by Crippen LogP contribution is 2.35. The molecule has 1 saturated carbocycles. The number of hydrogen-bond acceptors (Lipinski definition) is 7. The first kappa shape index (κ1) is 20.3. The minimum Gasteiger partial charge on any atom is -0.496 e. The van der Waals surface area contributed by atoms with Crippen LogP contribution in [0.25, 0.3) is 0 Å². The van der Waals surface area contributed by atoms with Crippen molar-refractivity contribution in [2.24, 2.45) is 0 Å². The maximum atomic E-state index is 5.70. The number of ether oxygens (including phenoxy) is 2. The first-order valence-corrected chi connectivity index (χ1v) is 10.7. The van der Waals surface area contributed by atoms with Gasteiger partial charge in [-0.3, -0.25) is 9.80 Å². The molecule has 0 radical (unpaired) electrons. The van der Waals surface area contributed by atoms with Gasteiger partial charge >= 0.3 is 0 Å². The van der Waals surface area contributed by atoms with Gasteiger partial charge in [0.1, 0.15) is 11.8 Å². The highest BCUT2D eigenvalue weighted by Gasteiger charge is 2.34. The third-order valence-electron chi connectivity index (χ3n) is 6.30. The number of methoxy groups -OCH3 is 2. The van der Waals surface area contributed by atoms with Crippen LogP contribution in [0.2, 0.25) is 0 Å². The molecule has 8 nitrogen and oxygen atoms in total. The van der Waals surface area contributed by atoms with Gasteiger partial charge < -0.3 is 9.47 Å². The van der Waals surface area contributed by atoms with Crippen LogP contribution in [-0.4, -0.2) is 83.1 Å². The van der Waals surface area contributed by atoms with Crippen LogP contribution < -0.4 is 4.74 Å². The number of para-hydroxylation sites is 1. The molecule has 8 heteroatoms. The van der Waals surface area contributed by atoms with Gasteiger partial charge in [0.25, 0.3) is 0 Å². The molecule has 2 aromatic rings. The zero-order valence-corrected chi connectivity index (χ0v) is 17.5. The van der Waals surface area contributed by atoms with Crippen LogP contribution in [0.4, 0.5) is 0 Å². The molecule has 0 N–H and O–H groups in total. The molecule has 2 fully saturated rings. The van der Waals surface area contributed by atoms with Gasteiger partial charge in [-0.1, -0.05) is 31.0 Å². The van der Waals surface area contributed by atoms with E-state index in [1.54, 1.807) is 14.2 Å². The molecule has 4 rings (SSSR count). The van der Waals surface area contributed by atoms with Gasteiger partial charge in [0.2, 0.25) is 0 Å². The highest BCUT2D eigenvalue weighted by atomic mass is 16.5. The van der Waals surface area contributed by atoms with Crippen molar-refractivity contribution in [1.29, 1.82) is 0 Å². The summed E-state index contributed by atoms with van der Waals surface area (Å²) < 4.78 is 12.8. The third-order valence-corrected chi connectivity index (χ3v) is 6.30. The van der Waals surface area contributed by atoms with Gasteiger partial charge in [-0.25, -0.2) is 4.68 Å². The standard InChI is InChI=1S/C21H32N6O2/c1-28-16-15-27-21(22-23-24-27)20(18-9-5-6-10-19(18)29-2)26-13-11-25(12-14-26)17-7-3-4-8-17/h5-6,9-10,17,20H,3-4,7-8,11-16H2,1-2H3/t20-/m1/s1. The smallest absolute Gasteiger partial charge is 0.173 e. The van der Waals surface area contributed by atoms with Crippen molar-refractivity contribution in [3.8, 4) is 5.75 Å². The van der Waals surface area contributed by atoms with Crippen LogP contribution in [0.1, 0.15) is 43.1 Å². The summed E-state index contributed by atoms with van der Waals surface area (Å²) in [5.41, 5.74) is 1.11. The fourth-order valence-corrected chi connectivity index (χ4v) is 4.77. The van der Waals surface area contributed by atoms with Crippen molar-refractivity contribution in [2.45, 2.75) is 44.3 Å². The largest absolute Gasteiger partial charge is 0.496 e. The Labute approximate surface area is 172 Å². The molecular formula is C21H32N6O2. The first-order chi connectivity index (χ1) is 14.3. The fourth-order valence-electron chi connectivity index (χ4n) is 4.77. The number of benzene rings is 1. The predicted octanol–water partition coefficient (Wildman–Crippen LogP) is 1.98. The van der Waals surface area contributed by atoms with E-state index in [9.17, 15) is 0 Å². The van der Waals surface area contributed by atoms with E-state index in [2.05, 4.69) is 37.5 Å². The lowest BCUT2D eigenvalue weighted by molar-refractivity contribution is 0.0756. The average molecular weight is 401 g/mol. The van der Waals surface area contributed by atoms with E-state index < -0.39 is 0 Å². The Morgan fingerprint density at radius 3 is 2.55 bits per heavy atom. The van der Waals surface area contributed by atoms with Crippen LogP contribution >= 0.6 is 0 Å². The van der Waals surface area contributed by atoms with E-state index in [1.165, 1.54) is 25.7 Å². The lowest BCUT2D eigenvalue weighted by Crippen LogP contribution is -2.51. The maximum absolute atomic E-state index is 5.70. The van der Waals surface area contributed by atoms with Crippen LogP contribution in [0.3, 0.4) is 0 Å². The van der Waals surface area contributed by atoms with Crippen molar-refractivity contribution >= 4 is 0 Å². The Bertz CT molecular complexity index is 768. The predicted molar refractivity (Wildman–Crippen MR) is 110 cm³/mol. The molecule has 1 saturated heterocycles. The van der Waals surface area contributed by atoms with Crippen molar-refractivity contribution in [2.75, 3.05) is 47.0 Å². The summed E-state index contributed by atoms with van der Waals surface area (Å²) in [5, 5.41) is 12.6. The number of nitrogens with zero attached hydrogens (tertiary/aromatic N) is 6. The van der Waals surface area contributed by atoms with E-state index in [0.717, 1.165) is 49.4 Å². The van der Waals surface area contributed by atoms with Gasteiger partial charge in [-0.2, -0.15) is 0 Å². The van der Waals surface area contributed by atoms with Crippen LogP contribution in [0.5, 0.6) is 5.75 Å². The molecule has 2 aliphatic rings. The van der Waals surface area contributed by atoms with Crippen molar-refractivity contribution < 1.29 is 9.47 Å². The number of aromatic nitrogens is 4. The molecule has 1 aromatic carbocycles. The second-order valence-electron chi connectivity index (χ2n) is 7.91. The second kappa shape index (κ2) is 9.65. The first-order valence-electron chi connectivity index (χ1n) is 10.7. The molecule has 0 amide bonds. The van der Waals surface area contributed by atoms with Gasteiger partial charge in [-0.15, -0.1) is 5.10 Å². The van der Waals surface area contributed by atoms with Crippen LogP contribution in [0, 0.1) is 0 Å². The molecule has 1 aromatic heterocycles. The third kappa shape index (κ3) is 4.44. The lowest BCUT2D eigenvalue weighted by Gasteiger charge is -2.41. The second-order valence-corrected chi connectivity index (χ2v) is 7.91. The summed E-state index contributed by atoms with van der Waals surface area (Å²) in [7, 11) is 3.42. The Morgan fingerprint density at radius 1 is 1.07 bits per heavy atom. The average Bonchev–Trinajstić information content (AvgIpc) is 3.46.